The molecule has 0 aliphatic carbocycles. The highest BCUT2D eigenvalue weighted by atomic mass is 32.2. The Morgan fingerprint density at radius 3 is 2.44 bits per heavy atom. The lowest BCUT2D eigenvalue weighted by molar-refractivity contribution is 0.600. The summed E-state index contributed by atoms with van der Waals surface area (Å²) in [4.78, 5) is 0. The highest BCUT2D eigenvalue weighted by molar-refractivity contribution is 7.90. The molecule has 0 fully saturated rings. The molecule has 0 amide bonds. The van der Waals surface area contributed by atoms with Crippen molar-refractivity contribution in [3.8, 4) is 0 Å². The molecule has 0 bridgehead atoms. The van der Waals surface area contributed by atoms with Gasteiger partial charge in [0.15, 0.2) is 0 Å². The Morgan fingerprint density at radius 1 is 1.56 bits per heavy atom. The Hall–Kier alpha value is -0.380. The van der Waals surface area contributed by atoms with E-state index < -0.39 is 9.84 Å². The van der Waals surface area contributed by atoms with Crippen molar-refractivity contribution < 1.29 is 8.42 Å². The number of unbranched alkanes of at least 4 members (excludes halogenated alkanes) is 1. The van der Waals surface area contributed by atoms with Gasteiger partial charge in [-0.3, -0.25) is 0 Å². The first-order valence-electron chi connectivity index (χ1n) is 2.73. The molecule has 0 aromatic heterocycles. The molecule has 0 spiro atoms. The topological polar surface area (TPSA) is 58.0 Å². The van der Waals surface area contributed by atoms with Gasteiger partial charge in [0, 0.05) is 6.26 Å². The van der Waals surface area contributed by atoms with Crippen molar-refractivity contribution in [2.45, 2.75) is 12.8 Å². The van der Waals surface area contributed by atoms with Gasteiger partial charge in [-0.05, 0) is 19.1 Å². The van der Waals surface area contributed by atoms with Crippen molar-refractivity contribution in [3.05, 3.63) is 0 Å². The maximum Gasteiger partial charge on any atom is 0.147 e. The summed E-state index contributed by atoms with van der Waals surface area (Å²) >= 11 is 0. The van der Waals surface area contributed by atoms with Crippen LogP contribution in [0.15, 0.2) is 0 Å². The lowest BCUT2D eigenvalue weighted by atomic mass is 10.4. The van der Waals surface area contributed by atoms with E-state index >= 15 is 0 Å². The van der Waals surface area contributed by atoms with E-state index in [1.807, 2.05) is 0 Å². The molecular formula is C5H11NO2S. The molecule has 0 saturated carbocycles. The molecule has 0 aliphatic heterocycles. The van der Waals surface area contributed by atoms with E-state index in [4.69, 9.17) is 5.41 Å². The van der Waals surface area contributed by atoms with Crippen LogP contribution in [-0.2, 0) is 9.84 Å². The Morgan fingerprint density at radius 2 is 2.11 bits per heavy atom. The molecule has 54 valence electrons. The summed E-state index contributed by atoms with van der Waals surface area (Å²) in [6.07, 6.45) is 3.57. The van der Waals surface area contributed by atoms with Crippen LogP contribution in [0.4, 0.5) is 0 Å². The van der Waals surface area contributed by atoms with E-state index in [1.165, 1.54) is 12.5 Å². The first-order chi connectivity index (χ1) is 4.06. The van der Waals surface area contributed by atoms with Crippen LogP contribution < -0.4 is 0 Å². The normalized spacial score (nSPS) is 11.2. The fraction of sp³-hybridized carbons (Fsp3) is 0.800. The van der Waals surface area contributed by atoms with Crippen molar-refractivity contribution in [2.24, 2.45) is 0 Å². The average molecular weight is 149 g/mol. The van der Waals surface area contributed by atoms with Crippen LogP contribution in [-0.4, -0.2) is 26.6 Å². The molecule has 0 heterocycles. The van der Waals surface area contributed by atoms with Gasteiger partial charge >= 0.3 is 0 Å². The summed E-state index contributed by atoms with van der Waals surface area (Å²) in [5.41, 5.74) is 0. The summed E-state index contributed by atoms with van der Waals surface area (Å²) in [7, 11) is -2.80. The van der Waals surface area contributed by atoms with E-state index in [1.54, 1.807) is 0 Å². The van der Waals surface area contributed by atoms with Gasteiger partial charge in [0.1, 0.15) is 9.84 Å². The second-order valence-corrected chi connectivity index (χ2v) is 4.24. The van der Waals surface area contributed by atoms with Gasteiger partial charge < -0.3 is 5.41 Å². The van der Waals surface area contributed by atoms with Crippen molar-refractivity contribution in [1.29, 1.82) is 5.41 Å². The standard InChI is InChI=1S/C5H11NO2S/c1-9(7,8)5-3-2-4-6/h4,6H,2-3,5H2,1H3. The molecular weight excluding hydrogens is 138 g/mol. The van der Waals surface area contributed by atoms with Gasteiger partial charge in [0.05, 0.1) is 5.75 Å². The van der Waals surface area contributed by atoms with E-state index in [0.29, 0.717) is 12.8 Å². The van der Waals surface area contributed by atoms with Gasteiger partial charge in [0.2, 0.25) is 0 Å². The third kappa shape index (κ3) is 7.62. The molecule has 0 rings (SSSR count). The Kier molecular flexibility index (Phi) is 3.46. The molecule has 0 unspecified atom stereocenters. The van der Waals surface area contributed by atoms with E-state index in [-0.39, 0.29) is 5.75 Å². The van der Waals surface area contributed by atoms with Crippen LogP contribution in [0.5, 0.6) is 0 Å². The smallest absolute Gasteiger partial charge is 0.147 e. The number of nitrogens with one attached hydrogen (secondary N) is 1. The second kappa shape index (κ2) is 3.61. The van der Waals surface area contributed by atoms with Gasteiger partial charge in [-0.1, -0.05) is 0 Å². The Balaban J connectivity index is 3.40. The number of rotatable bonds is 4. The zero-order valence-electron chi connectivity index (χ0n) is 5.42. The molecule has 0 aromatic rings. The quantitative estimate of drug-likeness (QED) is 0.466. The average Bonchev–Trinajstić information content (AvgIpc) is 1.63. The van der Waals surface area contributed by atoms with E-state index in [2.05, 4.69) is 0 Å². The SMILES string of the molecule is CS(=O)(=O)CCCC=N. The molecule has 0 radical (unpaired) electrons. The van der Waals surface area contributed by atoms with E-state index in [9.17, 15) is 8.42 Å². The summed E-state index contributed by atoms with van der Waals surface area (Å²) in [5.74, 6) is 0.197. The van der Waals surface area contributed by atoms with E-state index in [0.717, 1.165) is 0 Å². The van der Waals surface area contributed by atoms with Crippen LogP contribution in [0.1, 0.15) is 12.8 Å². The summed E-state index contributed by atoms with van der Waals surface area (Å²) in [6, 6.07) is 0. The maximum absolute atomic E-state index is 10.4. The fourth-order valence-corrected chi connectivity index (χ4v) is 1.14. The molecule has 3 nitrogen and oxygen atoms in total. The van der Waals surface area contributed by atoms with Gasteiger partial charge in [-0.25, -0.2) is 8.42 Å². The molecule has 0 saturated heterocycles. The molecule has 0 aliphatic rings. The number of hydrogen-bond acceptors (Lipinski definition) is 3. The second-order valence-electron chi connectivity index (χ2n) is 1.98. The molecule has 9 heavy (non-hydrogen) atoms. The number of hydrogen-bond donors (Lipinski definition) is 1. The minimum Gasteiger partial charge on any atom is -0.313 e. The van der Waals surface area contributed by atoms with Crippen molar-refractivity contribution in [2.75, 3.05) is 12.0 Å². The maximum atomic E-state index is 10.4. The van der Waals surface area contributed by atoms with Crippen molar-refractivity contribution in [3.63, 3.8) is 0 Å². The van der Waals surface area contributed by atoms with Gasteiger partial charge in [-0.2, -0.15) is 0 Å². The predicted molar refractivity (Wildman–Crippen MR) is 37.7 cm³/mol. The third-order valence-electron chi connectivity index (χ3n) is 0.864. The van der Waals surface area contributed by atoms with Crippen molar-refractivity contribution in [1.82, 2.24) is 0 Å². The first-order valence-corrected chi connectivity index (χ1v) is 4.79. The summed E-state index contributed by atoms with van der Waals surface area (Å²) in [6.45, 7) is 0. The van der Waals surface area contributed by atoms with Crippen molar-refractivity contribution >= 4 is 16.1 Å². The zero-order valence-corrected chi connectivity index (χ0v) is 6.24. The van der Waals surface area contributed by atoms with Crippen LogP contribution in [0.3, 0.4) is 0 Å². The fourth-order valence-electron chi connectivity index (χ4n) is 0.448. The van der Waals surface area contributed by atoms with Gasteiger partial charge in [0.25, 0.3) is 0 Å². The molecule has 0 aromatic carbocycles. The molecule has 4 heteroatoms. The van der Waals surface area contributed by atoms with Crippen LogP contribution in [0, 0.1) is 5.41 Å². The Labute approximate surface area is 55.5 Å². The monoisotopic (exact) mass is 149 g/mol. The summed E-state index contributed by atoms with van der Waals surface area (Å²) in [5, 5.41) is 6.59. The summed E-state index contributed by atoms with van der Waals surface area (Å²) < 4.78 is 20.9. The van der Waals surface area contributed by atoms with Crippen LogP contribution in [0.2, 0.25) is 0 Å². The zero-order chi connectivity index (χ0) is 7.33. The third-order valence-corrected chi connectivity index (χ3v) is 1.89. The highest BCUT2D eigenvalue weighted by Crippen LogP contribution is 1.90. The minimum absolute atomic E-state index is 0.197. The lowest BCUT2D eigenvalue weighted by Gasteiger charge is -1.91. The molecule has 0 atom stereocenters. The number of sulfone groups is 1. The molecule has 1 N–H and O–H groups in total. The van der Waals surface area contributed by atoms with Crippen LogP contribution in [0.25, 0.3) is 0 Å². The largest absolute Gasteiger partial charge is 0.313 e. The first kappa shape index (κ1) is 8.62. The minimum atomic E-state index is -2.80. The highest BCUT2D eigenvalue weighted by Gasteiger charge is 1.98. The Bertz CT molecular complexity index is 171. The lowest BCUT2D eigenvalue weighted by Crippen LogP contribution is -2.02. The van der Waals surface area contributed by atoms with Crippen LogP contribution >= 0.6 is 0 Å². The van der Waals surface area contributed by atoms with Gasteiger partial charge in [-0.15, -0.1) is 0 Å². The predicted octanol–water partition coefficient (Wildman–Crippen LogP) is 0.461.